The Hall–Kier alpha value is -0.450. The van der Waals surface area contributed by atoms with E-state index in [1.165, 1.54) is 0 Å². The van der Waals surface area contributed by atoms with Crippen LogP contribution in [0, 0.1) is 0 Å². The highest BCUT2D eigenvalue weighted by Crippen LogP contribution is 2.04. The van der Waals surface area contributed by atoms with E-state index in [-0.39, 0.29) is 6.04 Å². The maximum absolute atomic E-state index is 10.6. The molecule has 1 saturated heterocycles. The molecule has 70 valence electrons. The van der Waals surface area contributed by atoms with Gasteiger partial charge in [-0.1, -0.05) is 0 Å². The molecular formula is C8H17N3O. The maximum Gasteiger partial charge on any atom is 0.138 e. The van der Waals surface area contributed by atoms with E-state index in [1.807, 2.05) is 7.05 Å². The third-order valence-corrected chi connectivity index (χ3v) is 2.38. The Morgan fingerprint density at radius 2 is 2.33 bits per heavy atom. The van der Waals surface area contributed by atoms with Crippen molar-refractivity contribution in [1.29, 1.82) is 0 Å². The highest BCUT2D eigenvalue weighted by Gasteiger charge is 2.22. The molecule has 1 aliphatic heterocycles. The maximum atomic E-state index is 10.6. The predicted octanol–water partition coefficient (Wildman–Crippen LogP) is -1.24. The third kappa shape index (κ3) is 2.27. The van der Waals surface area contributed by atoms with Crippen molar-refractivity contribution in [1.82, 2.24) is 9.80 Å². The minimum absolute atomic E-state index is 0.0605. The van der Waals surface area contributed by atoms with Crippen LogP contribution < -0.4 is 5.73 Å². The van der Waals surface area contributed by atoms with Gasteiger partial charge in [0, 0.05) is 32.7 Å². The van der Waals surface area contributed by atoms with Crippen molar-refractivity contribution in [3.8, 4) is 0 Å². The molecule has 1 unspecified atom stereocenters. The number of hydrogen-bond acceptors (Lipinski definition) is 4. The molecule has 0 saturated carbocycles. The summed E-state index contributed by atoms with van der Waals surface area (Å²) in [4.78, 5) is 14.9. The summed E-state index contributed by atoms with van der Waals surface area (Å²) in [5, 5.41) is 0. The van der Waals surface area contributed by atoms with Gasteiger partial charge in [0.2, 0.25) is 0 Å². The molecule has 1 fully saturated rings. The molecule has 0 aromatic heterocycles. The van der Waals surface area contributed by atoms with Crippen molar-refractivity contribution in [3.05, 3.63) is 0 Å². The van der Waals surface area contributed by atoms with Gasteiger partial charge in [-0.3, -0.25) is 9.80 Å². The molecule has 0 bridgehead atoms. The second kappa shape index (κ2) is 4.54. The van der Waals surface area contributed by atoms with Gasteiger partial charge in [0.1, 0.15) is 6.29 Å². The quantitative estimate of drug-likeness (QED) is 0.540. The Kier molecular flexibility index (Phi) is 3.65. The number of piperazine rings is 1. The number of hydrogen-bond donors (Lipinski definition) is 1. The van der Waals surface area contributed by atoms with Crippen LogP contribution in [-0.2, 0) is 4.79 Å². The SMILES string of the molecule is CN1CCN(CCN)CC1C=O. The smallest absolute Gasteiger partial charge is 0.138 e. The lowest BCUT2D eigenvalue weighted by atomic mass is 10.2. The lowest BCUT2D eigenvalue weighted by Crippen LogP contribution is -2.53. The molecule has 0 aliphatic carbocycles. The fourth-order valence-corrected chi connectivity index (χ4v) is 1.49. The van der Waals surface area contributed by atoms with E-state index in [2.05, 4.69) is 9.80 Å². The van der Waals surface area contributed by atoms with Crippen LogP contribution in [0.25, 0.3) is 0 Å². The fraction of sp³-hybridized carbons (Fsp3) is 0.875. The molecule has 0 aromatic rings. The zero-order chi connectivity index (χ0) is 8.97. The van der Waals surface area contributed by atoms with E-state index < -0.39 is 0 Å². The third-order valence-electron chi connectivity index (χ3n) is 2.38. The Morgan fingerprint density at radius 1 is 1.58 bits per heavy atom. The Balaban J connectivity index is 2.38. The van der Waals surface area contributed by atoms with Gasteiger partial charge in [0.05, 0.1) is 6.04 Å². The Morgan fingerprint density at radius 3 is 2.92 bits per heavy atom. The molecule has 1 heterocycles. The van der Waals surface area contributed by atoms with Gasteiger partial charge in [-0.2, -0.15) is 0 Å². The molecule has 0 radical (unpaired) electrons. The topological polar surface area (TPSA) is 49.6 Å². The van der Waals surface area contributed by atoms with Crippen LogP contribution in [0.15, 0.2) is 0 Å². The number of aldehydes is 1. The molecule has 1 rings (SSSR count). The van der Waals surface area contributed by atoms with Crippen LogP contribution in [0.3, 0.4) is 0 Å². The molecule has 2 N–H and O–H groups in total. The molecule has 1 aliphatic rings. The largest absolute Gasteiger partial charge is 0.329 e. The fourth-order valence-electron chi connectivity index (χ4n) is 1.49. The van der Waals surface area contributed by atoms with E-state index in [4.69, 9.17) is 5.73 Å². The molecular weight excluding hydrogens is 154 g/mol. The number of carbonyl (C=O) groups is 1. The van der Waals surface area contributed by atoms with Crippen molar-refractivity contribution < 1.29 is 4.79 Å². The lowest BCUT2D eigenvalue weighted by Gasteiger charge is -2.36. The molecule has 0 aromatic carbocycles. The summed E-state index contributed by atoms with van der Waals surface area (Å²) in [5.41, 5.74) is 5.44. The van der Waals surface area contributed by atoms with Crippen LogP contribution in [0.1, 0.15) is 0 Å². The minimum Gasteiger partial charge on any atom is -0.329 e. The van der Waals surface area contributed by atoms with Crippen LogP contribution in [0.5, 0.6) is 0 Å². The van der Waals surface area contributed by atoms with Gasteiger partial charge in [0.25, 0.3) is 0 Å². The Labute approximate surface area is 73.3 Å². The summed E-state index contributed by atoms with van der Waals surface area (Å²) >= 11 is 0. The van der Waals surface area contributed by atoms with E-state index >= 15 is 0 Å². The standard InChI is InChI=1S/C8H17N3O/c1-10-4-5-11(3-2-9)6-8(10)7-12/h7-8H,2-6,9H2,1H3. The minimum atomic E-state index is 0.0605. The average Bonchev–Trinajstić information content (AvgIpc) is 2.09. The van der Waals surface area contributed by atoms with Gasteiger partial charge < -0.3 is 10.5 Å². The van der Waals surface area contributed by atoms with Gasteiger partial charge in [-0.25, -0.2) is 0 Å². The van der Waals surface area contributed by atoms with Crippen LogP contribution in [0.4, 0.5) is 0 Å². The first-order valence-corrected chi connectivity index (χ1v) is 4.36. The van der Waals surface area contributed by atoms with Crippen molar-refractivity contribution in [2.24, 2.45) is 5.73 Å². The van der Waals surface area contributed by atoms with E-state index in [9.17, 15) is 4.79 Å². The average molecular weight is 171 g/mol. The highest BCUT2D eigenvalue weighted by atomic mass is 16.1. The first kappa shape index (κ1) is 9.64. The second-order valence-corrected chi connectivity index (χ2v) is 3.27. The number of rotatable bonds is 3. The van der Waals surface area contributed by atoms with E-state index in [0.29, 0.717) is 6.54 Å². The summed E-state index contributed by atoms with van der Waals surface area (Å²) < 4.78 is 0. The van der Waals surface area contributed by atoms with E-state index in [0.717, 1.165) is 32.5 Å². The van der Waals surface area contributed by atoms with Crippen LogP contribution >= 0.6 is 0 Å². The summed E-state index contributed by atoms with van der Waals surface area (Å²) in [6, 6.07) is 0.0605. The molecule has 4 nitrogen and oxygen atoms in total. The zero-order valence-electron chi connectivity index (χ0n) is 7.57. The van der Waals surface area contributed by atoms with Gasteiger partial charge in [0.15, 0.2) is 0 Å². The summed E-state index contributed by atoms with van der Waals surface area (Å²) in [7, 11) is 1.98. The van der Waals surface area contributed by atoms with Crippen molar-refractivity contribution in [2.45, 2.75) is 6.04 Å². The molecule has 0 spiro atoms. The van der Waals surface area contributed by atoms with Gasteiger partial charge in [-0.15, -0.1) is 0 Å². The predicted molar refractivity (Wildman–Crippen MR) is 48.0 cm³/mol. The summed E-state index contributed by atoms with van der Waals surface area (Å²) in [6.07, 6.45) is 1.02. The Bertz CT molecular complexity index is 151. The highest BCUT2D eigenvalue weighted by molar-refractivity contribution is 5.58. The first-order chi connectivity index (χ1) is 5.77. The van der Waals surface area contributed by atoms with Crippen LogP contribution in [0.2, 0.25) is 0 Å². The second-order valence-electron chi connectivity index (χ2n) is 3.27. The molecule has 0 amide bonds. The van der Waals surface area contributed by atoms with E-state index in [1.54, 1.807) is 0 Å². The number of nitrogens with zero attached hydrogens (tertiary/aromatic N) is 2. The van der Waals surface area contributed by atoms with Crippen molar-refractivity contribution in [3.63, 3.8) is 0 Å². The number of likely N-dealkylation sites (N-methyl/N-ethyl adjacent to an activating group) is 1. The summed E-state index contributed by atoms with van der Waals surface area (Å²) in [5.74, 6) is 0. The van der Waals surface area contributed by atoms with Crippen molar-refractivity contribution >= 4 is 6.29 Å². The van der Waals surface area contributed by atoms with Crippen molar-refractivity contribution in [2.75, 3.05) is 39.8 Å². The van der Waals surface area contributed by atoms with Gasteiger partial charge >= 0.3 is 0 Å². The number of nitrogens with two attached hydrogens (primary N) is 1. The molecule has 12 heavy (non-hydrogen) atoms. The first-order valence-electron chi connectivity index (χ1n) is 4.36. The summed E-state index contributed by atoms with van der Waals surface area (Å²) in [6.45, 7) is 4.39. The van der Waals surface area contributed by atoms with Crippen LogP contribution in [-0.4, -0.2) is 61.9 Å². The van der Waals surface area contributed by atoms with Gasteiger partial charge in [-0.05, 0) is 7.05 Å². The molecule has 4 heteroatoms. The lowest BCUT2D eigenvalue weighted by molar-refractivity contribution is -0.113. The normalized spacial score (nSPS) is 27.3. The molecule has 1 atom stereocenters. The monoisotopic (exact) mass is 171 g/mol. The zero-order valence-corrected chi connectivity index (χ0v) is 7.57. The number of carbonyl (C=O) groups excluding carboxylic acids is 1.